The summed E-state index contributed by atoms with van der Waals surface area (Å²) in [6.45, 7) is 2.63. The highest BCUT2D eigenvalue weighted by Crippen LogP contribution is 2.21. The van der Waals surface area contributed by atoms with Gasteiger partial charge in [-0.15, -0.1) is 10.2 Å². The third-order valence-electron chi connectivity index (χ3n) is 4.27. The molecular weight excluding hydrogens is 382 g/mol. The molecule has 0 fully saturated rings. The van der Waals surface area contributed by atoms with E-state index in [4.69, 9.17) is 9.47 Å². The average molecular weight is 403 g/mol. The predicted molar refractivity (Wildman–Crippen MR) is 113 cm³/mol. The summed E-state index contributed by atoms with van der Waals surface area (Å²) in [5.74, 6) is 1.14. The summed E-state index contributed by atoms with van der Waals surface area (Å²) in [6, 6.07) is 18.4. The number of nitrogens with zero attached hydrogens (tertiary/aromatic N) is 4. The molecule has 0 saturated carbocycles. The van der Waals surface area contributed by atoms with E-state index < -0.39 is 0 Å². The predicted octanol–water partition coefficient (Wildman–Crippen LogP) is 3.60. The van der Waals surface area contributed by atoms with E-state index in [-0.39, 0.29) is 12.5 Å². The van der Waals surface area contributed by atoms with Crippen molar-refractivity contribution in [2.45, 2.75) is 13.3 Å². The lowest BCUT2D eigenvalue weighted by Gasteiger charge is -2.10. The number of aromatic nitrogens is 4. The normalized spacial score (nSPS) is 10.7. The number of hydrogen-bond acceptors (Lipinski definition) is 6. The van der Waals surface area contributed by atoms with Crippen molar-refractivity contribution in [3.63, 3.8) is 0 Å². The molecule has 0 aliphatic heterocycles. The Kier molecular flexibility index (Phi) is 5.84. The Balaban J connectivity index is 1.36. The fourth-order valence-corrected chi connectivity index (χ4v) is 2.84. The molecule has 0 saturated heterocycles. The van der Waals surface area contributed by atoms with E-state index in [9.17, 15) is 4.79 Å². The Morgan fingerprint density at radius 3 is 2.63 bits per heavy atom. The number of hydrogen-bond donors (Lipinski definition) is 1. The molecule has 0 aliphatic rings. The minimum Gasteiger partial charge on any atom is -0.494 e. The molecule has 1 N–H and O–H groups in total. The first kappa shape index (κ1) is 19.4. The summed E-state index contributed by atoms with van der Waals surface area (Å²) < 4.78 is 12.7. The first-order valence-corrected chi connectivity index (χ1v) is 9.64. The number of rotatable bonds is 8. The highest BCUT2D eigenvalue weighted by molar-refractivity contribution is 5.92. The monoisotopic (exact) mass is 403 g/mol. The van der Waals surface area contributed by atoms with Gasteiger partial charge in [-0.3, -0.25) is 4.79 Å². The molecule has 4 aromatic rings. The molecule has 2 heterocycles. The molecule has 1 amide bonds. The summed E-state index contributed by atoms with van der Waals surface area (Å²) in [4.78, 5) is 12.3. The molecule has 8 nitrogen and oxygen atoms in total. The van der Waals surface area contributed by atoms with Gasteiger partial charge in [-0.1, -0.05) is 19.1 Å². The second-order valence-corrected chi connectivity index (χ2v) is 6.59. The number of amides is 1. The van der Waals surface area contributed by atoms with Crippen LogP contribution in [0.5, 0.6) is 11.5 Å². The van der Waals surface area contributed by atoms with Gasteiger partial charge >= 0.3 is 0 Å². The molecule has 0 radical (unpaired) electrons. The van der Waals surface area contributed by atoms with Crippen molar-refractivity contribution in [2.24, 2.45) is 0 Å². The van der Waals surface area contributed by atoms with E-state index in [0.29, 0.717) is 23.7 Å². The lowest BCUT2D eigenvalue weighted by Crippen LogP contribution is -2.20. The second-order valence-electron chi connectivity index (χ2n) is 6.59. The van der Waals surface area contributed by atoms with Crippen molar-refractivity contribution < 1.29 is 14.3 Å². The van der Waals surface area contributed by atoms with Crippen LogP contribution in [0.4, 0.5) is 5.69 Å². The number of carbonyl (C=O) groups is 1. The number of carbonyl (C=O) groups excluding carboxylic acids is 1. The van der Waals surface area contributed by atoms with E-state index in [1.165, 1.54) is 0 Å². The van der Waals surface area contributed by atoms with Crippen LogP contribution in [0.25, 0.3) is 16.9 Å². The Bertz CT molecular complexity index is 1140. The first-order chi connectivity index (χ1) is 14.7. The zero-order chi connectivity index (χ0) is 20.8. The second kappa shape index (κ2) is 9.04. The maximum atomic E-state index is 12.3. The molecule has 8 heteroatoms. The quantitative estimate of drug-likeness (QED) is 0.483. The van der Waals surface area contributed by atoms with Crippen molar-refractivity contribution in [1.82, 2.24) is 19.8 Å². The molecule has 0 aliphatic carbocycles. The van der Waals surface area contributed by atoms with Gasteiger partial charge in [-0.2, -0.15) is 9.61 Å². The molecule has 0 bridgehead atoms. The number of ether oxygens (including phenoxy) is 2. The van der Waals surface area contributed by atoms with Crippen LogP contribution in [0.1, 0.15) is 13.3 Å². The lowest BCUT2D eigenvalue weighted by atomic mass is 10.1. The molecule has 0 atom stereocenters. The van der Waals surface area contributed by atoms with Crippen LogP contribution in [0.15, 0.2) is 67.0 Å². The van der Waals surface area contributed by atoms with Crippen molar-refractivity contribution in [2.75, 3.05) is 18.5 Å². The maximum Gasteiger partial charge on any atom is 0.262 e. The third kappa shape index (κ3) is 4.72. The van der Waals surface area contributed by atoms with Crippen LogP contribution in [0.2, 0.25) is 0 Å². The van der Waals surface area contributed by atoms with Crippen LogP contribution in [-0.2, 0) is 4.79 Å². The van der Waals surface area contributed by atoms with E-state index in [0.717, 1.165) is 23.4 Å². The van der Waals surface area contributed by atoms with E-state index in [1.54, 1.807) is 23.0 Å². The Hall–Kier alpha value is -3.94. The molecule has 30 heavy (non-hydrogen) atoms. The molecule has 4 rings (SSSR count). The highest BCUT2D eigenvalue weighted by Gasteiger charge is 2.07. The van der Waals surface area contributed by atoms with Crippen LogP contribution in [0.3, 0.4) is 0 Å². The van der Waals surface area contributed by atoms with Gasteiger partial charge in [0.15, 0.2) is 12.3 Å². The number of nitrogens with one attached hydrogen (secondary N) is 1. The summed E-state index contributed by atoms with van der Waals surface area (Å²) in [6.07, 6.45) is 2.50. The maximum absolute atomic E-state index is 12.3. The van der Waals surface area contributed by atoms with Gasteiger partial charge in [0.25, 0.3) is 5.91 Å². The molecule has 2 aromatic carbocycles. The fraction of sp³-hybridized carbons (Fsp3) is 0.182. The zero-order valence-electron chi connectivity index (χ0n) is 16.5. The fourth-order valence-electron chi connectivity index (χ4n) is 2.84. The van der Waals surface area contributed by atoms with Crippen LogP contribution in [0, 0.1) is 0 Å². The van der Waals surface area contributed by atoms with Gasteiger partial charge in [0.05, 0.1) is 12.3 Å². The van der Waals surface area contributed by atoms with Gasteiger partial charge in [0.1, 0.15) is 17.8 Å². The zero-order valence-corrected chi connectivity index (χ0v) is 16.5. The van der Waals surface area contributed by atoms with Crippen LogP contribution < -0.4 is 14.8 Å². The topological polar surface area (TPSA) is 90.6 Å². The van der Waals surface area contributed by atoms with Crippen molar-refractivity contribution in [3.05, 3.63) is 67.0 Å². The number of fused-ring (bicyclic) bond motifs is 1. The first-order valence-electron chi connectivity index (χ1n) is 9.64. The molecular formula is C22H21N5O3. The highest BCUT2D eigenvalue weighted by atomic mass is 16.5. The number of benzene rings is 2. The molecule has 0 unspecified atom stereocenters. The Morgan fingerprint density at radius 2 is 1.83 bits per heavy atom. The van der Waals surface area contributed by atoms with Gasteiger partial charge in [-0.25, -0.2) is 0 Å². The van der Waals surface area contributed by atoms with Crippen molar-refractivity contribution in [1.29, 1.82) is 0 Å². The van der Waals surface area contributed by atoms with Crippen molar-refractivity contribution in [3.8, 4) is 22.8 Å². The van der Waals surface area contributed by atoms with Crippen LogP contribution in [-0.4, -0.2) is 38.9 Å². The van der Waals surface area contributed by atoms with Gasteiger partial charge in [0, 0.05) is 11.3 Å². The number of anilines is 1. The lowest BCUT2D eigenvalue weighted by molar-refractivity contribution is -0.118. The smallest absolute Gasteiger partial charge is 0.262 e. The SMILES string of the molecule is CCCOc1ccc(OCC(=O)Nc2cccc(-c3ccc4nncn4n3)c2)cc1. The molecule has 0 spiro atoms. The standard InChI is InChI=1S/C22H21N5O3/c1-2-12-29-18-6-8-19(9-7-18)30-14-22(28)24-17-5-3-4-16(13-17)20-10-11-21-25-23-15-27(21)26-20/h3-11,13,15H,2,12,14H2,1H3,(H,24,28). The summed E-state index contributed by atoms with van der Waals surface area (Å²) in [7, 11) is 0. The third-order valence-corrected chi connectivity index (χ3v) is 4.27. The summed E-state index contributed by atoms with van der Waals surface area (Å²) >= 11 is 0. The Labute approximate surface area is 173 Å². The minimum absolute atomic E-state index is 0.0929. The summed E-state index contributed by atoms with van der Waals surface area (Å²) in [5.41, 5.74) is 2.95. The van der Waals surface area contributed by atoms with Gasteiger partial charge < -0.3 is 14.8 Å². The minimum atomic E-state index is -0.249. The van der Waals surface area contributed by atoms with E-state index in [1.807, 2.05) is 48.5 Å². The van der Waals surface area contributed by atoms with E-state index in [2.05, 4.69) is 27.5 Å². The average Bonchev–Trinajstić information content (AvgIpc) is 3.25. The Morgan fingerprint density at radius 1 is 1.03 bits per heavy atom. The summed E-state index contributed by atoms with van der Waals surface area (Å²) in [5, 5.41) is 15.1. The largest absolute Gasteiger partial charge is 0.494 e. The van der Waals surface area contributed by atoms with Crippen LogP contribution >= 0.6 is 0 Å². The van der Waals surface area contributed by atoms with E-state index >= 15 is 0 Å². The molecule has 152 valence electrons. The van der Waals surface area contributed by atoms with Crippen molar-refractivity contribution >= 4 is 17.2 Å². The van der Waals surface area contributed by atoms with Gasteiger partial charge in [0.2, 0.25) is 0 Å². The van der Waals surface area contributed by atoms with Gasteiger partial charge in [-0.05, 0) is 55.0 Å². The molecule has 2 aromatic heterocycles.